The molecule has 0 bridgehead atoms. The highest BCUT2D eigenvalue weighted by Crippen LogP contribution is 2.10. The van der Waals surface area contributed by atoms with Gasteiger partial charge in [-0.15, -0.1) is 0 Å². The van der Waals surface area contributed by atoms with Crippen molar-refractivity contribution in [3.05, 3.63) is 34.3 Å². The minimum absolute atomic E-state index is 0.0563. The molecule has 0 aliphatic carbocycles. The van der Waals surface area contributed by atoms with E-state index in [0.717, 1.165) is 36.8 Å². The molecule has 4 heteroatoms. The first kappa shape index (κ1) is 16.0. The number of halogens is 1. The number of carbonyl (C=O) groups excluding carboxylic acids is 1. The molecule has 3 nitrogen and oxygen atoms in total. The SMILES string of the molecule is CCCN(CCC)C(=O)NCCc1ccc(Br)cc1. The summed E-state index contributed by atoms with van der Waals surface area (Å²) in [5.41, 5.74) is 1.24. The first-order valence-corrected chi connectivity index (χ1v) is 7.73. The lowest BCUT2D eigenvalue weighted by molar-refractivity contribution is 0.198. The zero-order valence-corrected chi connectivity index (χ0v) is 13.4. The van der Waals surface area contributed by atoms with Crippen LogP contribution < -0.4 is 5.32 Å². The Morgan fingerprint density at radius 1 is 1.16 bits per heavy atom. The maximum Gasteiger partial charge on any atom is 0.317 e. The average molecular weight is 327 g/mol. The second-order valence-corrected chi connectivity index (χ2v) is 5.51. The Bertz CT molecular complexity index is 372. The van der Waals surface area contributed by atoms with Gasteiger partial charge in [0.25, 0.3) is 0 Å². The molecule has 0 spiro atoms. The summed E-state index contributed by atoms with van der Waals surface area (Å²) in [5, 5.41) is 2.99. The van der Waals surface area contributed by atoms with Crippen LogP contribution in [0.1, 0.15) is 32.3 Å². The number of urea groups is 1. The number of hydrogen-bond donors (Lipinski definition) is 1. The van der Waals surface area contributed by atoms with Crippen molar-refractivity contribution in [1.29, 1.82) is 0 Å². The average Bonchev–Trinajstić information content (AvgIpc) is 2.40. The standard InChI is InChI=1S/C15H23BrN2O/c1-3-11-18(12-4-2)15(19)17-10-9-13-5-7-14(16)8-6-13/h5-8H,3-4,9-12H2,1-2H3,(H,17,19). The van der Waals surface area contributed by atoms with Crippen LogP contribution in [0.2, 0.25) is 0 Å². The van der Waals surface area contributed by atoms with Gasteiger partial charge in [0.2, 0.25) is 0 Å². The van der Waals surface area contributed by atoms with E-state index >= 15 is 0 Å². The molecule has 1 N–H and O–H groups in total. The molecule has 0 aliphatic heterocycles. The van der Waals surface area contributed by atoms with E-state index in [1.807, 2.05) is 17.0 Å². The van der Waals surface area contributed by atoms with Gasteiger partial charge in [0.1, 0.15) is 0 Å². The number of benzene rings is 1. The second kappa shape index (κ2) is 8.97. The van der Waals surface area contributed by atoms with Gasteiger partial charge in [-0.2, -0.15) is 0 Å². The van der Waals surface area contributed by atoms with E-state index < -0.39 is 0 Å². The topological polar surface area (TPSA) is 32.3 Å². The third kappa shape index (κ3) is 6.10. The molecule has 0 fully saturated rings. The highest BCUT2D eigenvalue weighted by Gasteiger charge is 2.10. The van der Waals surface area contributed by atoms with Crippen molar-refractivity contribution in [2.45, 2.75) is 33.1 Å². The van der Waals surface area contributed by atoms with Crippen LogP contribution in [-0.2, 0) is 6.42 Å². The van der Waals surface area contributed by atoms with Crippen LogP contribution in [0.5, 0.6) is 0 Å². The highest BCUT2D eigenvalue weighted by molar-refractivity contribution is 9.10. The van der Waals surface area contributed by atoms with Crippen LogP contribution in [-0.4, -0.2) is 30.6 Å². The van der Waals surface area contributed by atoms with E-state index in [9.17, 15) is 4.79 Å². The van der Waals surface area contributed by atoms with Crippen molar-refractivity contribution in [1.82, 2.24) is 10.2 Å². The van der Waals surface area contributed by atoms with E-state index in [1.165, 1.54) is 5.56 Å². The highest BCUT2D eigenvalue weighted by atomic mass is 79.9. The Kier molecular flexibility index (Phi) is 7.56. The number of nitrogens with zero attached hydrogens (tertiary/aromatic N) is 1. The molecule has 1 aromatic rings. The Morgan fingerprint density at radius 2 is 1.74 bits per heavy atom. The Balaban J connectivity index is 2.34. The van der Waals surface area contributed by atoms with Gasteiger partial charge in [-0.1, -0.05) is 41.9 Å². The van der Waals surface area contributed by atoms with Crippen molar-refractivity contribution < 1.29 is 4.79 Å². The Morgan fingerprint density at radius 3 is 2.26 bits per heavy atom. The minimum Gasteiger partial charge on any atom is -0.338 e. The third-order valence-electron chi connectivity index (χ3n) is 2.88. The van der Waals surface area contributed by atoms with Gasteiger partial charge in [-0.25, -0.2) is 4.79 Å². The summed E-state index contributed by atoms with van der Waals surface area (Å²) in [7, 11) is 0. The van der Waals surface area contributed by atoms with Crippen molar-refractivity contribution in [3.8, 4) is 0 Å². The summed E-state index contributed by atoms with van der Waals surface area (Å²) < 4.78 is 1.08. The van der Waals surface area contributed by atoms with E-state index in [2.05, 4.69) is 47.2 Å². The molecule has 1 rings (SSSR count). The monoisotopic (exact) mass is 326 g/mol. The smallest absolute Gasteiger partial charge is 0.317 e. The summed E-state index contributed by atoms with van der Waals surface area (Å²) in [5.74, 6) is 0. The lowest BCUT2D eigenvalue weighted by Gasteiger charge is -2.21. The fourth-order valence-electron chi connectivity index (χ4n) is 1.93. The molecular formula is C15H23BrN2O. The zero-order valence-electron chi connectivity index (χ0n) is 11.8. The van der Waals surface area contributed by atoms with Gasteiger partial charge in [0, 0.05) is 24.1 Å². The molecule has 0 saturated heterocycles. The molecule has 0 unspecified atom stereocenters. The third-order valence-corrected chi connectivity index (χ3v) is 3.41. The van der Waals surface area contributed by atoms with Crippen molar-refractivity contribution >= 4 is 22.0 Å². The normalized spacial score (nSPS) is 10.3. The molecule has 2 amide bonds. The summed E-state index contributed by atoms with van der Waals surface area (Å²) in [6.07, 6.45) is 2.87. The lowest BCUT2D eigenvalue weighted by atomic mass is 10.1. The summed E-state index contributed by atoms with van der Waals surface area (Å²) in [4.78, 5) is 13.9. The van der Waals surface area contributed by atoms with Crippen molar-refractivity contribution in [2.24, 2.45) is 0 Å². The van der Waals surface area contributed by atoms with Gasteiger partial charge in [-0.05, 0) is 37.0 Å². The van der Waals surface area contributed by atoms with Gasteiger partial charge < -0.3 is 10.2 Å². The molecule has 0 atom stereocenters. The molecule has 0 saturated carbocycles. The molecule has 0 aliphatic rings. The maximum absolute atomic E-state index is 12.0. The van der Waals surface area contributed by atoms with Crippen LogP contribution in [0.4, 0.5) is 4.79 Å². The zero-order chi connectivity index (χ0) is 14.1. The molecular weight excluding hydrogens is 304 g/mol. The van der Waals surface area contributed by atoms with E-state index in [-0.39, 0.29) is 6.03 Å². The molecule has 0 heterocycles. The summed E-state index contributed by atoms with van der Waals surface area (Å²) in [6.45, 7) is 6.54. The molecule has 106 valence electrons. The molecule has 0 radical (unpaired) electrons. The number of hydrogen-bond acceptors (Lipinski definition) is 1. The largest absolute Gasteiger partial charge is 0.338 e. The first-order chi connectivity index (χ1) is 9.17. The van der Waals surface area contributed by atoms with Gasteiger partial charge in [0.15, 0.2) is 0 Å². The maximum atomic E-state index is 12.0. The quantitative estimate of drug-likeness (QED) is 0.811. The Hall–Kier alpha value is -1.03. The number of amides is 2. The van der Waals surface area contributed by atoms with Crippen LogP contribution in [0.25, 0.3) is 0 Å². The van der Waals surface area contributed by atoms with Crippen LogP contribution in [0, 0.1) is 0 Å². The van der Waals surface area contributed by atoms with Gasteiger partial charge in [0.05, 0.1) is 0 Å². The molecule has 1 aromatic carbocycles. The van der Waals surface area contributed by atoms with E-state index in [4.69, 9.17) is 0 Å². The second-order valence-electron chi connectivity index (χ2n) is 4.60. The van der Waals surface area contributed by atoms with Crippen LogP contribution in [0.15, 0.2) is 28.7 Å². The molecule has 0 aromatic heterocycles. The van der Waals surface area contributed by atoms with Crippen molar-refractivity contribution in [2.75, 3.05) is 19.6 Å². The fraction of sp³-hybridized carbons (Fsp3) is 0.533. The number of carbonyl (C=O) groups is 1. The van der Waals surface area contributed by atoms with E-state index in [1.54, 1.807) is 0 Å². The number of rotatable bonds is 7. The van der Waals surface area contributed by atoms with Crippen molar-refractivity contribution in [3.63, 3.8) is 0 Å². The van der Waals surface area contributed by atoms with Gasteiger partial charge in [-0.3, -0.25) is 0 Å². The molecule has 19 heavy (non-hydrogen) atoms. The predicted octanol–water partition coefficient (Wildman–Crippen LogP) is 3.82. The summed E-state index contributed by atoms with van der Waals surface area (Å²) in [6, 6.07) is 8.26. The summed E-state index contributed by atoms with van der Waals surface area (Å²) >= 11 is 3.41. The minimum atomic E-state index is 0.0563. The van der Waals surface area contributed by atoms with Gasteiger partial charge >= 0.3 is 6.03 Å². The fourth-order valence-corrected chi connectivity index (χ4v) is 2.20. The van der Waals surface area contributed by atoms with E-state index in [0.29, 0.717) is 6.54 Å². The van der Waals surface area contributed by atoms with Crippen LogP contribution in [0.3, 0.4) is 0 Å². The first-order valence-electron chi connectivity index (χ1n) is 6.94. The number of nitrogens with one attached hydrogen (secondary N) is 1. The van der Waals surface area contributed by atoms with Crippen LogP contribution >= 0.6 is 15.9 Å². The predicted molar refractivity (Wildman–Crippen MR) is 83.4 cm³/mol. The lowest BCUT2D eigenvalue weighted by Crippen LogP contribution is -2.41. The Labute approximate surface area is 124 Å².